The first-order valence-electron chi connectivity index (χ1n) is 6.94. The Hall–Kier alpha value is -1.77. The maximum absolute atomic E-state index is 8.97. The summed E-state index contributed by atoms with van der Waals surface area (Å²) >= 11 is 0. The molecule has 1 aliphatic heterocycles. The average Bonchev–Trinajstić information content (AvgIpc) is 2.46. The quantitative estimate of drug-likeness (QED) is 0.652. The molecule has 108 valence electrons. The van der Waals surface area contributed by atoms with Crippen LogP contribution in [0.5, 0.6) is 5.75 Å². The molecule has 1 saturated heterocycles. The second-order valence-electron chi connectivity index (χ2n) is 4.97. The fraction of sp³-hybridized carbons (Fsp3) is 0.533. The van der Waals surface area contributed by atoms with Crippen molar-refractivity contribution in [3.8, 4) is 11.8 Å². The van der Waals surface area contributed by atoms with Gasteiger partial charge in [-0.15, -0.1) is 0 Å². The van der Waals surface area contributed by atoms with Crippen molar-refractivity contribution in [1.82, 2.24) is 4.90 Å². The van der Waals surface area contributed by atoms with Gasteiger partial charge in [-0.25, -0.2) is 0 Å². The first kappa shape index (κ1) is 14.6. The molecule has 20 heavy (non-hydrogen) atoms. The Kier molecular flexibility index (Phi) is 5.22. The van der Waals surface area contributed by atoms with Gasteiger partial charge < -0.3 is 15.2 Å². The summed E-state index contributed by atoms with van der Waals surface area (Å²) in [5.41, 5.74) is 7.70. The van der Waals surface area contributed by atoms with Crippen LogP contribution >= 0.6 is 0 Å². The van der Waals surface area contributed by atoms with Crippen molar-refractivity contribution < 1.29 is 9.47 Å². The summed E-state index contributed by atoms with van der Waals surface area (Å²) in [6.07, 6.45) is 0.964. The lowest BCUT2D eigenvalue weighted by Crippen LogP contribution is -2.37. The van der Waals surface area contributed by atoms with Gasteiger partial charge in [0, 0.05) is 31.4 Å². The Labute approximate surface area is 119 Å². The van der Waals surface area contributed by atoms with Crippen molar-refractivity contribution in [2.75, 3.05) is 45.2 Å². The van der Waals surface area contributed by atoms with E-state index in [1.807, 2.05) is 6.92 Å². The summed E-state index contributed by atoms with van der Waals surface area (Å²) in [6.45, 7) is 7.25. The van der Waals surface area contributed by atoms with E-state index in [1.165, 1.54) is 0 Å². The molecule has 2 N–H and O–H groups in total. The molecule has 0 amide bonds. The van der Waals surface area contributed by atoms with E-state index in [1.54, 1.807) is 12.1 Å². The molecule has 1 aromatic rings. The van der Waals surface area contributed by atoms with Crippen LogP contribution < -0.4 is 10.5 Å². The van der Waals surface area contributed by atoms with Crippen LogP contribution in [0.4, 0.5) is 5.69 Å². The fourth-order valence-electron chi connectivity index (χ4n) is 2.26. The average molecular weight is 275 g/mol. The number of nitrogens with two attached hydrogens (primary N) is 1. The molecule has 5 heteroatoms. The molecule has 5 nitrogen and oxygen atoms in total. The lowest BCUT2D eigenvalue weighted by Gasteiger charge is -2.26. The Balaban J connectivity index is 1.80. The number of nitrogens with zero attached hydrogens (tertiary/aromatic N) is 2. The highest BCUT2D eigenvalue weighted by molar-refractivity contribution is 5.59. The van der Waals surface area contributed by atoms with Crippen LogP contribution in [-0.4, -0.2) is 44.4 Å². The third-order valence-corrected chi connectivity index (χ3v) is 3.45. The summed E-state index contributed by atoms with van der Waals surface area (Å²) in [6, 6.07) is 5.59. The first-order valence-corrected chi connectivity index (χ1v) is 6.94. The smallest absolute Gasteiger partial charge is 0.123 e. The van der Waals surface area contributed by atoms with Crippen molar-refractivity contribution in [2.45, 2.75) is 13.3 Å². The van der Waals surface area contributed by atoms with Gasteiger partial charge in [0.1, 0.15) is 11.8 Å². The van der Waals surface area contributed by atoms with Gasteiger partial charge in [0.05, 0.1) is 25.4 Å². The summed E-state index contributed by atoms with van der Waals surface area (Å²) in [5, 5.41) is 8.97. The molecule has 0 spiro atoms. The number of nitrogen functional groups attached to an aromatic ring is 1. The Morgan fingerprint density at radius 3 is 2.85 bits per heavy atom. The van der Waals surface area contributed by atoms with Crippen molar-refractivity contribution in [2.24, 2.45) is 0 Å². The van der Waals surface area contributed by atoms with Crippen molar-refractivity contribution in [3.05, 3.63) is 23.3 Å². The van der Waals surface area contributed by atoms with E-state index in [4.69, 9.17) is 20.5 Å². The van der Waals surface area contributed by atoms with Crippen LogP contribution in [0.25, 0.3) is 0 Å². The maximum Gasteiger partial charge on any atom is 0.123 e. The number of hydrogen-bond acceptors (Lipinski definition) is 5. The van der Waals surface area contributed by atoms with Gasteiger partial charge in [0.15, 0.2) is 0 Å². The molecular formula is C15H21N3O2. The van der Waals surface area contributed by atoms with Crippen molar-refractivity contribution in [1.29, 1.82) is 5.26 Å². The molecule has 1 aromatic carbocycles. The minimum atomic E-state index is 0.471. The number of benzene rings is 1. The van der Waals surface area contributed by atoms with Gasteiger partial charge in [-0.1, -0.05) is 0 Å². The molecule has 0 bridgehead atoms. The zero-order valence-electron chi connectivity index (χ0n) is 11.9. The third-order valence-electron chi connectivity index (χ3n) is 3.45. The minimum Gasteiger partial charge on any atom is -0.493 e. The molecular weight excluding hydrogens is 254 g/mol. The van der Waals surface area contributed by atoms with Crippen LogP contribution in [-0.2, 0) is 4.74 Å². The van der Waals surface area contributed by atoms with Gasteiger partial charge in [0.2, 0.25) is 0 Å². The molecule has 0 aliphatic carbocycles. The van der Waals surface area contributed by atoms with Crippen LogP contribution in [0.3, 0.4) is 0 Å². The Morgan fingerprint density at radius 2 is 2.15 bits per heavy atom. The number of hydrogen-bond donors (Lipinski definition) is 1. The minimum absolute atomic E-state index is 0.471. The number of ether oxygens (including phenoxy) is 2. The van der Waals surface area contributed by atoms with Crippen LogP contribution in [0.15, 0.2) is 12.1 Å². The number of rotatable bonds is 5. The summed E-state index contributed by atoms with van der Waals surface area (Å²) in [7, 11) is 0. The highest BCUT2D eigenvalue weighted by Gasteiger charge is 2.10. The van der Waals surface area contributed by atoms with E-state index in [9.17, 15) is 0 Å². The standard InChI is InChI=1S/C15H21N3O2/c1-12-9-14(17)13(11-16)10-15(12)20-6-2-3-18-4-7-19-8-5-18/h9-10H,2-8,17H2,1H3. The molecule has 0 atom stereocenters. The largest absolute Gasteiger partial charge is 0.493 e. The lowest BCUT2D eigenvalue weighted by atomic mass is 10.1. The van der Waals surface area contributed by atoms with Crippen molar-refractivity contribution >= 4 is 5.69 Å². The Morgan fingerprint density at radius 1 is 1.40 bits per heavy atom. The molecule has 2 rings (SSSR count). The second-order valence-corrected chi connectivity index (χ2v) is 4.97. The van der Waals surface area contributed by atoms with E-state index in [-0.39, 0.29) is 0 Å². The summed E-state index contributed by atoms with van der Waals surface area (Å²) in [4.78, 5) is 2.38. The highest BCUT2D eigenvalue weighted by atomic mass is 16.5. The monoisotopic (exact) mass is 275 g/mol. The first-order chi connectivity index (χ1) is 9.70. The second kappa shape index (κ2) is 7.13. The number of anilines is 1. The van der Waals surface area contributed by atoms with Gasteiger partial charge in [0.25, 0.3) is 0 Å². The van der Waals surface area contributed by atoms with E-state index in [2.05, 4.69) is 11.0 Å². The zero-order valence-corrected chi connectivity index (χ0v) is 11.9. The van der Waals surface area contributed by atoms with E-state index < -0.39 is 0 Å². The maximum atomic E-state index is 8.97. The van der Waals surface area contributed by atoms with E-state index in [0.717, 1.165) is 50.6 Å². The van der Waals surface area contributed by atoms with E-state index in [0.29, 0.717) is 17.9 Å². The summed E-state index contributed by atoms with van der Waals surface area (Å²) < 4.78 is 11.1. The zero-order chi connectivity index (χ0) is 14.4. The SMILES string of the molecule is Cc1cc(N)c(C#N)cc1OCCCN1CCOCC1. The molecule has 0 saturated carbocycles. The molecule has 0 unspecified atom stereocenters. The van der Waals surface area contributed by atoms with Crippen LogP contribution in [0, 0.1) is 18.3 Å². The molecule has 1 aliphatic rings. The van der Waals surface area contributed by atoms with Crippen molar-refractivity contribution in [3.63, 3.8) is 0 Å². The molecule has 0 radical (unpaired) electrons. The molecule has 1 heterocycles. The topological polar surface area (TPSA) is 71.5 Å². The highest BCUT2D eigenvalue weighted by Crippen LogP contribution is 2.24. The molecule has 1 fully saturated rings. The predicted molar refractivity (Wildman–Crippen MR) is 77.7 cm³/mol. The molecule has 0 aromatic heterocycles. The Bertz CT molecular complexity index is 491. The van der Waals surface area contributed by atoms with Gasteiger partial charge in [-0.3, -0.25) is 4.90 Å². The van der Waals surface area contributed by atoms with Gasteiger partial charge in [-0.05, 0) is 25.0 Å². The van der Waals surface area contributed by atoms with Crippen LogP contribution in [0.2, 0.25) is 0 Å². The predicted octanol–water partition coefficient (Wildman–Crippen LogP) is 1.55. The van der Waals surface area contributed by atoms with E-state index >= 15 is 0 Å². The van der Waals surface area contributed by atoms with Gasteiger partial charge >= 0.3 is 0 Å². The lowest BCUT2D eigenvalue weighted by molar-refractivity contribution is 0.0358. The number of nitriles is 1. The normalized spacial score (nSPS) is 15.8. The van der Waals surface area contributed by atoms with Gasteiger partial charge in [-0.2, -0.15) is 5.26 Å². The number of aryl methyl sites for hydroxylation is 1. The third kappa shape index (κ3) is 3.86. The van der Waals surface area contributed by atoms with Crippen LogP contribution in [0.1, 0.15) is 17.5 Å². The summed E-state index contributed by atoms with van der Waals surface area (Å²) in [5.74, 6) is 0.748. The fourth-order valence-corrected chi connectivity index (χ4v) is 2.26. The number of morpholine rings is 1.